The number of nitrogens with zero attached hydrogens (tertiary/aromatic N) is 2. The molecule has 10 atom stereocenters. The largest absolute Gasteiger partial charge is 0.390 e. The lowest BCUT2D eigenvalue weighted by Crippen LogP contribution is -2.78. The fourth-order valence-corrected chi connectivity index (χ4v) is 9.87. The van der Waals surface area contributed by atoms with E-state index < -0.39 is 57.2 Å². The number of fused-ring (bicyclic) bond motifs is 4. The molecule has 0 aromatic carbocycles. The van der Waals surface area contributed by atoms with E-state index in [2.05, 4.69) is 0 Å². The number of aliphatic hydroxyl groups is 2. The highest BCUT2D eigenvalue weighted by molar-refractivity contribution is 8.02. The fraction of sp³-hybridized carbons (Fsp3) is 0.800. The average molecular weight is 469 g/mol. The van der Waals surface area contributed by atoms with E-state index in [1.54, 1.807) is 6.26 Å². The summed E-state index contributed by atoms with van der Waals surface area (Å²) in [6.45, 7) is 0. The van der Waals surface area contributed by atoms with E-state index in [0.717, 1.165) is 0 Å². The van der Waals surface area contributed by atoms with Crippen molar-refractivity contribution < 1.29 is 34.1 Å². The summed E-state index contributed by atoms with van der Waals surface area (Å²) in [6.07, 6.45) is -0.423. The molecule has 0 spiro atoms. The Labute approximate surface area is 187 Å². The third-order valence-electron chi connectivity index (χ3n) is 8.38. The van der Waals surface area contributed by atoms with Crippen molar-refractivity contribution in [3.05, 3.63) is 0 Å². The number of aliphatic hydroxyl groups excluding tert-OH is 2. The van der Waals surface area contributed by atoms with Gasteiger partial charge in [0.05, 0.1) is 24.3 Å². The molecule has 168 valence electrons. The molecule has 6 rings (SSSR count). The zero-order valence-corrected chi connectivity index (χ0v) is 18.7. The van der Waals surface area contributed by atoms with Crippen LogP contribution in [0, 0.1) is 11.8 Å². The van der Waals surface area contributed by atoms with Gasteiger partial charge in [0.2, 0.25) is 0 Å². The fourth-order valence-electron chi connectivity index (χ4n) is 7.01. The number of amides is 2. The molecule has 4 heterocycles. The molecule has 11 heteroatoms. The first-order valence-electron chi connectivity index (χ1n) is 10.6. The van der Waals surface area contributed by atoms with Gasteiger partial charge in [-0.3, -0.25) is 19.2 Å². The van der Waals surface area contributed by atoms with E-state index in [9.17, 15) is 29.4 Å². The summed E-state index contributed by atoms with van der Waals surface area (Å²) in [5, 5.41) is 21.5. The molecule has 2 aliphatic carbocycles. The van der Waals surface area contributed by atoms with Crippen LogP contribution in [0.15, 0.2) is 0 Å². The van der Waals surface area contributed by atoms with Gasteiger partial charge in [0, 0.05) is 49.9 Å². The number of Topliss-reactive ketones (excluding diaryl/α,β-unsaturated/α-hetero) is 2. The van der Waals surface area contributed by atoms with Gasteiger partial charge < -0.3 is 24.7 Å². The third kappa shape index (κ3) is 2.13. The zero-order chi connectivity index (χ0) is 22.0. The van der Waals surface area contributed by atoms with Crippen molar-refractivity contribution in [2.75, 3.05) is 13.4 Å². The van der Waals surface area contributed by atoms with Crippen molar-refractivity contribution in [2.24, 2.45) is 11.8 Å². The number of hydrogen-bond acceptors (Lipinski definition) is 9. The van der Waals surface area contributed by atoms with Gasteiger partial charge >= 0.3 is 0 Å². The number of thioether (sulfide) groups is 2. The first-order valence-corrected chi connectivity index (χ1v) is 12.7. The standard InChI is InChI=1S/C20H24N2O7S2/c1-29-11-3-9(23)7-5-19(30-2)17(27)22-14-8-6-20(22,18(28)21(19)13(7)15(11)25)31-12(16(14)26)4-10(8)24/h7-8,11-16,25-26H,3-6H2,1-2H3/t7-,8-,11-,12-,13-,14-,15-,16-,19+,20+/m0/s1. The van der Waals surface area contributed by atoms with Gasteiger partial charge in [-0.05, 0) is 6.26 Å². The molecule has 0 unspecified atom stereocenters. The van der Waals surface area contributed by atoms with Gasteiger partial charge in [-0.1, -0.05) is 0 Å². The Bertz CT molecular complexity index is 931. The van der Waals surface area contributed by atoms with E-state index in [4.69, 9.17) is 4.74 Å². The summed E-state index contributed by atoms with van der Waals surface area (Å²) < 4.78 is 5.34. The molecule has 31 heavy (non-hydrogen) atoms. The smallest absolute Gasteiger partial charge is 0.261 e. The van der Waals surface area contributed by atoms with Crippen molar-refractivity contribution in [1.29, 1.82) is 0 Å². The van der Waals surface area contributed by atoms with Crippen LogP contribution in [-0.2, 0) is 23.9 Å². The van der Waals surface area contributed by atoms with Crippen LogP contribution in [0.3, 0.4) is 0 Å². The minimum Gasteiger partial charge on any atom is -0.390 e. The Morgan fingerprint density at radius 1 is 0.968 bits per heavy atom. The molecular weight excluding hydrogens is 444 g/mol. The number of piperazine rings is 1. The Balaban J connectivity index is 1.52. The lowest BCUT2D eigenvalue weighted by atomic mass is 9.79. The Hall–Kier alpha value is -1.14. The van der Waals surface area contributed by atoms with E-state index in [0.29, 0.717) is 0 Å². The number of carbonyl (C=O) groups excluding carboxylic acids is 4. The Morgan fingerprint density at radius 3 is 2.29 bits per heavy atom. The summed E-state index contributed by atoms with van der Waals surface area (Å²) in [6, 6.07) is -1.54. The van der Waals surface area contributed by atoms with Crippen molar-refractivity contribution in [3.8, 4) is 0 Å². The molecule has 4 aliphatic heterocycles. The van der Waals surface area contributed by atoms with Crippen molar-refractivity contribution in [2.45, 2.75) is 71.1 Å². The summed E-state index contributed by atoms with van der Waals surface area (Å²) in [4.78, 5) is 54.3. The van der Waals surface area contributed by atoms with Crippen molar-refractivity contribution in [3.63, 3.8) is 0 Å². The van der Waals surface area contributed by atoms with Crippen LogP contribution in [0.25, 0.3) is 0 Å². The van der Waals surface area contributed by atoms with E-state index in [1.807, 2.05) is 0 Å². The van der Waals surface area contributed by atoms with Crippen LogP contribution in [0.1, 0.15) is 25.7 Å². The molecule has 3 bridgehead atoms. The second kappa shape index (κ2) is 6.25. The Kier molecular flexibility index (Phi) is 4.13. The van der Waals surface area contributed by atoms with Crippen LogP contribution >= 0.6 is 23.5 Å². The molecule has 2 saturated carbocycles. The van der Waals surface area contributed by atoms with Gasteiger partial charge in [0.15, 0.2) is 9.74 Å². The van der Waals surface area contributed by atoms with Gasteiger partial charge in [-0.2, -0.15) is 0 Å². The number of ketones is 2. The average Bonchev–Trinajstić information content (AvgIpc) is 3.20. The minimum absolute atomic E-state index is 0.0109. The lowest BCUT2D eigenvalue weighted by Gasteiger charge is -2.58. The van der Waals surface area contributed by atoms with Crippen LogP contribution in [0.4, 0.5) is 0 Å². The van der Waals surface area contributed by atoms with E-state index in [-0.39, 0.29) is 49.1 Å². The van der Waals surface area contributed by atoms with Crippen molar-refractivity contribution >= 4 is 46.9 Å². The SMILES string of the molecule is CO[C@H]1CC(=O)[C@@H]2C[C@@]3(SC)C(=O)N4[C@@H]5[C@@H](O)[C@@H]6CC(=O)[C@@H]5C[C@@]4(S6)C(=O)N3[C@@H]2[C@H]1O. The molecule has 6 fully saturated rings. The van der Waals surface area contributed by atoms with Gasteiger partial charge in [0.1, 0.15) is 17.7 Å². The third-order valence-corrected chi connectivity index (χ3v) is 11.3. The monoisotopic (exact) mass is 468 g/mol. The maximum Gasteiger partial charge on any atom is 0.261 e. The molecular formula is C20H24N2O7S2. The second-order valence-electron chi connectivity index (χ2n) is 9.48. The van der Waals surface area contributed by atoms with Gasteiger partial charge in [-0.25, -0.2) is 0 Å². The second-order valence-corrected chi connectivity index (χ2v) is 12.1. The highest BCUT2D eigenvalue weighted by Gasteiger charge is 2.79. The summed E-state index contributed by atoms with van der Waals surface area (Å²) in [7, 11) is 1.42. The first-order chi connectivity index (χ1) is 14.7. The molecule has 4 saturated heterocycles. The van der Waals surface area contributed by atoms with Crippen LogP contribution in [0.5, 0.6) is 0 Å². The van der Waals surface area contributed by atoms with Crippen molar-refractivity contribution in [1.82, 2.24) is 9.80 Å². The lowest BCUT2D eigenvalue weighted by molar-refractivity contribution is -0.175. The summed E-state index contributed by atoms with van der Waals surface area (Å²) in [5.41, 5.74) is 0. The van der Waals surface area contributed by atoms with Crippen LogP contribution in [0.2, 0.25) is 0 Å². The zero-order valence-electron chi connectivity index (χ0n) is 17.1. The van der Waals surface area contributed by atoms with Gasteiger partial charge in [0.25, 0.3) is 11.8 Å². The number of rotatable bonds is 2. The number of ether oxygens (including phenoxy) is 1. The van der Waals surface area contributed by atoms with Gasteiger partial charge in [-0.15, -0.1) is 23.5 Å². The Morgan fingerprint density at radius 2 is 1.61 bits per heavy atom. The molecule has 6 aliphatic rings. The van der Waals surface area contributed by atoms with Crippen LogP contribution < -0.4 is 0 Å². The first kappa shape index (κ1) is 20.5. The summed E-state index contributed by atoms with van der Waals surface area (Å²) in [5.74, 6) is -2.01. The van der Waals surface area contributed by atoms with E-state index >= 15 is 0 Å². The molecule has 0 radical (unpaired) electrons. The number of hydrogen-bond donors (Lipinski definition) is 2. The molecule has 2 N–H and O–H groups in total. The highest BCUT2D eigenvalue weighted by Crippen LogP contribution is 2.65. The normalized spacial score (nSPS) is 52.5. The van der Waals surface area contributed by atoms with E-state index in [1.165, 1.54) is 40.4 Å². The maximum atomic E-state index is 14.2. The molecule has 9 nitrogen and oxygen atoms in total. The molecule has 0 aromatic rings. The summed E-state index contributed by atoms with van der Waals surface area (Å²) >= 11 is 2.41. The van der Waals surface area contributed by atoms with Crippen LogP contribution in [-0.4, -0.2) is 102 Å². The predicted octanol–water partition coefficient (Wildman–Crippen LogP) is -1.01. The highest BCUT2D eigenvalue weighted by atomic mass is 32.2. The predicted molar refractivity (Wildman–Crippen MR) is 110 cm³/mol. The molecule has 0 aromatic heterocycles. The maximum absolute atomic E-state index is 14.2. The topological polar surface area (TPSA) is 124 Å². The quantitative estimate of drug-likeness (QED) is 0.524. The number of methoxy groups -OCH3 is 1. The number of carbonyl (C=O) groups is 4. The molecule has 2 amide bonds. The minimum atomic E-state index is -1.34.